The first-order valence-electron chi connectivity index (χ1n) is 9.45. The molecule has 5 nitrogen and oxygen atoms in total. The fourth-order valence-corrected chi connectivity index (χ4v) is 3.55. The monoisotopic (exact) mass is 464 g/mol. The number of ether oxygens (including phenoxy) is 2. The predicted octanol–water partition coefficient (Wildman–Crippen LogP) is 6.11. The van der Waals surface area contributed by atoms with E-state index in [2.05, 4.69) is 26.1 Å². The third-order valence-corrected chi connectivity index (χ3v) is 5.40. The summed E-state index contributed by atoms with van der Waals surface area (Å²) in [5.74, 6) is 1.50. The van der Waals surface area contributed by atoms with Gasteiger partial charge in [-0.2, -0.15) is 5.10 Å². The SMILES string of the molecule is COc1ccc(-c2c(-c3ccc(OCc4ccc(Br)cc4)cc3O)n[nH]c2C)cc1. The van der Waals surface area contributed by atoms with Gasteiger partial charge in [0.2, 0.25) is 0 Å². The quantitative estimate of drug-likeness (QED) is 0.361. The summed E-state index contributed by atoms with van der Waals surface area (Å²) in [6, 6.07) is 21.0. The molecule has 0 aliphatic heterocycles. The van der Waals surface area contributed by atoms with E-state index < -0.39 is 0 Å². The molecule has 4 rings (SSSR count). The molecular weight excluding hydrogens is 444 g/mol. The summed E-state index contributed by atoms with van der Waals surface area (Å²) < 4.78 is 12.1. The van der Waals surface area contributed by atoms with E-state index >= 15 is 0 Å². The number of hydrogen-bond acceptors (Lipinski definition) is 4. The van der Waals surface area contributed by atoms with Crippen molar-refractivity contribution in [3.63, 3.8) is 0 Å². The number of aromatic hydroxyl groups is 1. The molecule has 0 spiro atoms. The Bertz CT molecular complexity index is 1150. The topological polar surface area (TPSA) is 67.4 Å². The molecule has 0 saturated heterocycles. The van der Waals surface area contributed by atoms with Crippen molar-refractivity contribution in [2.75, 3.05) is 7.11 Å². The van der Waals surface area contributed by atoms with Crippen LogP contribution in [0.15, 0.2) is 71.2 Å². The molecule has 1 aromatic heterocycles. The second-order valence-corrected chi connectivity index (χ2v) is 7.81. The van der Waals surface area contributed by atoms with Crippen LogP contribution in [0, 0.1) is 6.92 Å². The maximum Gasteiger partial charge on any atom is 0.128 e. The highest BCUT2D eigenvalue weighted by atomic mass is 79.9. The van der Waals surface area contributed by atoms with Gasteiger partial charge in [-0.1, -0.05) is 40.2 Å². The Kier molecular flexibility index (Phi) is 5.77. The average Bonchev–Trinajstić information content (AvgIpc) is 3.14. The van der Waals surface area contributed by atoms with Gasteiger partial charge in [0.25, 0.3) is 0 Å². The lowest BCUT2D eigenvalue weighted by atomic mass is 9.98. The molecule has 4 aromatic rings. The number of rotatable bonds is 6. The number of H-pyrrole nitrogens is 1. The number of aromatic nitrogens is 2. The van der Waals surface area contributed by atoms with Crippen molar-refractivity contribution in [3.8, 4) is 39.6 Å². The van der Waals surface area contributed by atoms with E-state index in [4.69, 9.17) is 9.47 Å². The second kappa shape index (κ2) is 8.63. The van der Waals surface area contributed by atoms with Crippen molar-refractivity contribution in [2.24, 2.45) is 0 Å². The van der Waals surface area contributed by atoms with Crippen molar-refractivity contribution in [1.29, 1.82) is 0 Å². The Morgan fingerprint density at radius 3 is 2.33 bits per heavy atom. The van der Waals surface area contributed by atoms with Crippen LogP contribution in [0.5, 0.6) is 17.2 Å². The Balaban J connectivity index is 1.59. The van der Waals surface area contributed by atoms with Crippen LogP contribution in [0.1, 0.15) is 11.3 Å². The van der Waals surface area contributed by atoms with Crippen LogP contribution in [-0.4, -0.2) is 22.4 Å². The number of nitrogens with zero attached hydrogens (tertiary/aromatic N) is 1. The molecule has 0 amide bonds. The summed E-state index contributed by atoms with van der Waals surface area (Å²) in [4.78, 5) is 0. The van der Waals surface area contributed by atoms with Gasteiger partial charge >= 0.3 is 0 Å². The lowest BCUT2D eigenvalue weighted by molar-refractivity contribution is 0.304. The number of methoxy groups -OCH3 is 1. The molecule has 1 heterocycles. The lowest BCUT2D eigenvalue weighted by Gasteiger charge is -2.10. The average molecular weight is 465 g/mol. The second-order valence-electron chi connectivity index (χ2n) is 6.89. The van der Waals surface area contributed by atoms with Gasteiger partial charge in [-0.15, -0.1) is 0 Å². The Morgan fingerprint density at radius 1 is 0.967 bits per heavy atom. The molecule has 2 N–H and O–H groups in total. The highest BCUT2D eigenvalue weighted by molar-refractivity contribution is 9.10. The minimum absolute atomic E-state index is 0.115. The maximum absolute atomic E-state index is 10.7. The van der Waals surface area contributed by atoms with Crippen molar-refractivity contribution in [3.05, 3.63) is 82.5 Å². The van der Waals surface area contributed by atoms with E-state index in [1.807, 2.05) is 67.6 Å². The molecule has 0 saturated carbocycles. The van der Waals surface area contributed by atoms with E-state index in [0.29, 0.717) is 23.6 Å². The summed E-state index contributed by atoms with van der Waals surface area (Å²) in [5, 5.41) is 18.1. The van der Waals surface area contributed by atoms with E-state index in [-0.39, 0.29) is 5.75 Å². The zero-order chi connectivity index (χ0) is 21.1. The van der Waals surface area contributed by atoms with Crippen LogP contribution in [-0.2, 0) is 6.61 Å². The van der Waals surface area contributed by atoms with E-state index in [0.717, 1.165) is 32.6 Å². The molecule has 0 atom stereocenters. The van der Waals surface area contributed by atoms with Gasteiger partial charge in [0.05, 0.1) is 7.11 Å². The third-order valence-electron chi connectivity index (χ3n) is 4.87. The first-order chi connectivity index (χ1) is 14.5. The number of phenolic OH excluding ortho intramolecular Hbond substituents is 1. The first-order valence-corrected chi connectivity index (χ1v) is 10.2. The molecule has 30 heavy (non-hydrogen) atoms. The molecule has 0 aliphatic rings. The number of aromatic amines is 1. The zero-order valence-electron chi connectivity index (χ0n) is 16.6. The van der Waals surface area contributed by atoms with Gasteiger partial charge in [-0.3, -0.25) is 5.10 Å². The zero-order valence-corrected chi connectivity index (χ0v) is 18.2. The standard InChI is InChI=1S/C24H21BrN2O3/c1-15-23(17-5-9-19(29-2)10-6-17)24(27-26-15)21-12-11-20(13-22(21)28)30-14-16-3-7-18(25)8-4-16/h3-13,28H,14H2,1-2H3,(H,26,27). The molecule has 0 aliphatic carbocycles. The van der Waals surface area contributed by atoms with E-state index in [9.17, 15) is 5.11 Å². The largest absolute Gasteiger partial charge is 0.507 e. The first kappa shape index (κ1) is 20.0. The number of benzene rings is 3. The number of aryl methyl sites for hydroxylation is 1. The van der Waals surface area contributed by atoms with E-state index in [1.54, 1.807) is 13.2 Å². The molecular formula is C24H21BrN2O3. The fraction of sp³-hybridized carbons (Fsp3) is 0.125. The van der Waals surface area contributed by atoms with Crippen LogP contribution in [0.25, 0.3) is 22.4 Å². The number of nitrogens with one attached hydrogen (secondary N) is 1. The smallest absolute Gasteiger partial charge is 0.128 e. The molecule has 0 fully saturated rings. The molecule has 0 radical (unpaired) electrons. The van der Waals surface area contributed by atoms with Gasteiger partial charge < -0.3 is 14.6 Å². The summed E-state index contributed by atoms with van der Waals surface area (Å²) in [6.45, 7) is 2.38. The highest BCUT2D eigenvalue weighted by Crippen LogP contribution is 2.39. The van der Waals surface area contributed by atoms with Gasteiger partial charge in [-0.25, -0.2) is 0 Å². The number of halogens is 1. The minimum atomic E-state index is 0.115. The van der Waals surface area contributed by atoms with Crippen molar-refractivity contribution >= 4 is 15.9 Å². The Hall–Kier alpha value is -3.25. The van der Waals surface area contributed by atoms with Crippen LogP contribution in [0.2, 0.25) is 0 Å². The van der Waals surface area contributed by atoms with Gasteiger partial charge in [0.15, 0.2) is 0 Å². The molecule has 152 valence electrons. The van der Waals surface area contributed by atoms with Gasteiger partial charge in [0, 0.05) is 27.4 Å². The normalized spacial score (nSPS) is 10.8. The van der Waals surface area contributed by atoms with Crippen LogP contribution < -0.4 is 9.47 Å². The van der Waals surface area contributed by atoms with Gasteiger partial charge in [0.1, 0.15) is 29.5 Å². The molecule has 0 bridgehead atoms. The van der Waals surface area contributed by atoms with Crippen LogP contribution in [0.4, 0.5) is 0 Å². The number of hydrogen-bond donors (Lipinski definition) is 2. The van der Waals surface area contributed by atoms with Crippen molar-refractivity contribution in [1.82, 2.24) is 10.2 Å². The van der Waals surface area contributed by atoms with Crippen molar-refractivity contribution < 1.29 is 14.6 Å². The molecule has 6 heteroatoms. The van der Waals surface area contributed by atoms with E-state index in [1.165, 1.54) is 0 Å². The summed E-state index contributed by atoms with van der Waals surface area (Å²) in [7, 11) is 1.64. The molecule has 0 unspecified atom stereocenters. The third kappa shape index (κ3) is 4.19. The predicted molar refractivity (Wildman–Crippen MR) is 121 cm³/mol. The minimum Gasteiger partial charge on any atom is -0.507 e. The Morgan fingerprint density at radius 2 is 1.67 bits per heavy atom. The summed E-state index contributed by atoms with van der Waals surface area (Å²) in [6.07, 6.45) is 0. The lowest BCUT2D eigenvalue weighted by Crippen LogP contribution is -1.95. The van der Waals surface area contributed by atoms with Gasteiger partial charge in [-0.05, 0) is 54.4 Å². The summed E-state index contributed by atoms with van der Waals surface area (Å²) in [5.41, 5.74) is 5.23. The fourth-order valence-electron chi connectivity index (χ4n) is 3.28. The van der Waals surface area contributed by atoms with Crippen LogP contribution in [0.3, 0.4) is 0 Å². The molecule has 3 aromatic carbocycles. The number of phenols is 1. The maximum atomic E-state index is 10.7. The van der Waals surface area contributed by atoms with Crippen LogP contribution >= 0.6 is 15.9 Å². The Labute approximate surface area is 183 Å². The van der Waals surface area contributed by atoms with Crippen molar-refractivity contribution in [2.45, 2.75) is 13.5 Å². The summed E-state index contributed by atoms with van der Waals surface area (Å²) >= 11 is 3.42. The highest BCUT2D eigenvalue weighted by Gasteiger charge is 2.17.